The van der Waals surface area contributed by atoms with Crippen LogP contribution in [0, 0.1) is 0 Å². The number of anilines is 1. The summed E-state index contributed by atoms with van der Waals surface area (Å²) >= 11 is 0. The van der Waals surface area contributed by atoms with Gasteiger partial charge in [0.15, 0.2) is 17.6 Å². The summed E-state index contributed by atoms with van der Waals surface area (Å²) in [5.74, 6) is -1.35. The second kappa shape index (κ2) is 7.99. The highest BCUT2D eigenvalue weighted by Gasteiger charge is 2.26. The molecule has 0 amide bonds. The summed E-state index contributed by atoms with van der Waals surface area (Å²) in [5.41, 5.74) is 4.86. The summed E-state index contributed by atoms with van der Waals surface area (Å²) in [6, 6.07) is 0. The maximum Gasteiger partial charge on any atom is 0.303 e. The van der Waals surface area contributed by atoms with E-state index in [9.17, 15) is 14.4 Å². The van der Waals surface area contributed by atoms with Crippen molar-refractivity contribution >= 4 is 41.8 Å². The van der Waals surface area contributed by atoms with Crippen molar-refractivity contribution in [1.82, 2.24) is 9.97 Å². The molecule has 1 aromatic heterocycles. The number of nitrogen functional groups attached to an aromatic ring is 1. The van der Waals surface area contributed by atoms with Gasteiger partial charge in [0.25, 0.3) is 5.56 Å². The predicted octanol–water partition coefficient (Wildman–Crippen LogP) is 0.660. The minimum Gasteiger partial charge on any atom is -0.458 e. The molecule has 2 atom stereocenters. The third-order valence-corrected chi connectivity index (χ3v) is 2.82. The quantitative estimate of drug-likeness (QED) is 0.572. The van der Waals surface area contributed by atoms with Gasteiger partial charge in [0.05, 0.1) is 5.71 Å². The number of aromatic nitrogens is 2. The fourth-order valence-corrected chi connectivity index (χ4v) is 1.95. The number of nitrogens with one attached hydrogen (secondary N) is 1. The summed E-state index contributed by atoms with van der Waals surface area (Å²) in [6.45, 7) is 8.78. The van der Waals surface area contributed by atoms with Gasteiger partial charge in [0.1, 0.15) is 6.10 Å². The number of hydrogen-bond donors (Lipinski definition) is 2. The van der Waals surface area contributed by atoms with Crippen LogP contribution in [-0.2, 0) is 19.1 Å². The van der Waals surface area contributed by atoms with Gasteiger partial charge in [-0.1, -0.05) is 0 Å². The largest absolute Gasteiger partial charge is 0.458 e. The van der Waals surface area contributed by atoms with Crippen LogP contribution >= 0.6 is 0 Å². The molecule has 0 aliphatic heterocycles. The minimum absolute atomic E-state index is 0.0719. The summed E-state index contributed by atoms with van der Waals surface area (Å²) < 4.78 is 10.2. The number of esters is 2. The van der Waals surface area contributed by atoms with Crippen LogP contribution < -0.4 is 11.3 Å². The fourth-order valence-electron chi connectivity index (χ4n) is 1.95. The SMILES string of the molecule is C=Nc1nc(N)[nH]c(=O)c1/N=C(\C)[C@@H](OC(C)=O)[C@H](C)OC(C)=O. The van der Waals surface area contributed by atoms with Crippen molar-refractivity contribution in [2.75, 3.05) is 5.73 Å². The Morgan fingerprint density at radius 3 is 2.33 bits per heavy atom. The highest BCUT2D eigenvalue weighted by Crippen LogP contribution is 2.22. The Hall–Kier alpha value is -3.04. The molecule has 10 nitrogen and oxygen atoms in total. The summed E-state index contributed by atoms with van der Waals surface area (Å²) in [5, 5.41) is 0. The molecule has 0 aliphatic rings. The van der Waals surface area contributed by atoms with E-state index in [1.54, 1.807) is 0 Å². The van der Waals surface area contributed by atoms with E-state index < -0.39 is 29.7 Å². The lowest BCUT2D eigenvalue weighted by atomic mass is 10.1. The number of nitrogens with zero attached hydrogens (tertiary/aromatic N) is 3. The first-order chi connectivity index (χ1) is 11.1. The maximum absolute atomic E-state index is 12.0. The van der Waals surface area contributed by atoms with Crippen LogP contribution in [0.3, 0.4) is 0 Å². The molecule has 0 radical (unpaired) electrons. The first-order valence-electron chi connectivity index (χ1n) is 6.91. The van der Waals surface area contributed by atoms with Crippen LogP contribution in [-0.4, -0.2) is 46.5 Å². The molecule has 10 heteroatoms. The highest BCUT2D eigenvalue weighted by atomic mass is 16.6. The molecule has 0 bridgehead atoms. The highest BCUT2D eigenvalue weighted by molar-refractivity contribution is 5.92. The van der Waals surface area contributed by atoms with Crippen molar-refractivity contribution in [3.63, 3.8) is 0 Å². The zero-order chi connectivity index (χ0) is 18.4. The van der Waals surface area contributed by atoms with Crippen LogP contribution in [0.25, 0.3) is 0 Å². The molecule has 0 saturated heterocycles. The second-order valence-corrected chi connectivity index (χ2v) is 4.88. The number of hydrogen-bond acceptors (Lipinski definition) is 9. The number of H-pyrrole nitrogens is 1. The van der Waals surface area contributed by atoms with Gasteiger partial charge in [-0.2, -0.15) is 4.98 Å². The van der Waals surface area contributed by atoms with Crippen LogP contribution in [0.5, 0.6) is 0 Å². The smallest absolute Gasteiger partial charge is 0.303 e. The van der Waals surface area contributed by atoms with Crippen molar-refractivity contribution in [1.29, 1.82) is 0 Å². The molecule has 0 unspecified atom stereocenters. The van der Waals surface area contributed by atoms with Gasteiger partial charge >= 0.3 is 11.9 Å². The summed E-state index contributed by atoms with van der Waals surface area (Å²) in [7, 11) is 0. The molecule has 0 fully saturated rings. The van der Waals surface area contributed by atoms with Crippen LogP contribution in [0.2, 0.25) is 0 Å². The molecule has 1 heterocycles. The number of nitrogens with two attached hydrogens (primary N) is 1. The van der Waals surface area contributed by atoms with E-state index in [2.05, 4.69) is 26.7 Å². The van der Waals surface area contributed by atoms with Gasteiger partial charge in [-0.15, -0.1) is 0 Å². The van der Waals surface area contributed by atoms with Gasteiger partial charge in [0, 0.05) is 13.8 Å². The zero-order valence-corrected chi connectivity index (χ0v) is 13.8. The van der Waals surface area contributed by atoms with E-state index in [4.69, 9.17) is 15.2 Å². The van der Waals surface area contributed by atoms with Gasteiger partial charge in [-0.25, -0.2) is 9.98 Å². The Balaban J connectivity index is 3.32. The predicted molar refractivity (Wildman–Crippen MR) is 88.0 cm³/mol. The van der Waals surface area contributed by atoms with Crippen LogP contribution in [0.4, 0.5) is 17.5 Å². The van der Waals surface area contributed by atoms with E-state index in [1.165, 1.54) is 27.7 Å². The lowest BCUT2D eigenvalue weighted by molar-refractivity contribution is -0.158. The van der Waals surface area contributed by atoms with Crippen molar-refractivity contribution in [3.05, 3.63) is 10.4 Å². The first kappa shape index (κ1) is 19.0. The van der Waals surface area contributed by atoms with Crippen molar-refractivity contribution < 1.29 is 19.1 Å². The molecular formula is C14H19N5O5. The second-order valence-electron chi connectivity index (χ2n) is 4.88. The van der Waals surface area contributed by atoms with Crippen molar-refractivity contribution in [2.24, 2.45) is 9.98 Å². The maximum atomic E-state index is 12.0. The van der Waals surface area contributed by atoms with E-state index in [0.29, 0.717) is 0 Å². The van der Waals surface area contributed by atoms with Gasteiger partial charge < -0.3 is 15.2 Å². The average molecular weight is 337 g/mol. The number of carbonyl (C=O) groups is 2. The molecule has 3 N–H and O–H groups in total. The molecule has 0 aromatic carbocycles. The normalized spacial score (nSPS) is 13.8. The Kier molecular flexibility index (Phi) is 6.33. The standard InChI is InChI=1S/C14H19N5O5/c1-6(11(24-9(4)21)7(2)23-8(3)20)17-10-12(16-5)18-14(15)19-13(10)22/h7,11H,5H2,1-4H3,(H3,15,18,19,22)/b17-6+/t7-,11+/m0/s1. The number of aromatic amines is 1. The third-order valence-electron chi connectivity index (χ3n) is 2.82. The van der Waals surface area contributed by atoms with E-state index >= 15 is 0 Å². The van der Waals surface area contributed by atoms with E-state index in [1.807, 2.05) is 0 Å². The Morgan fingerprint density at radius 2 is 1.83 bits per heavy atom. The zero-order valence-electron chi connectivity index (χ0n) is 13.8. The lowest BCUT2D eigenvalue weighted by Crippen LogP contribution is -2.37. The average Bonchev–Trinajstić information content (AvgIpc) is 2.45. The molecule has 0 saturated carbocycles. The summed E-state index contributed by atoms with van der Waals surface area (Å²) in [6.07, 6.45) is -1.79. The van der Waals surface area contributed by atoms with Crippen molar-refractivity contribution in [3.8, 4) is 0 Å². The number of rotatable bonds is 6. The van der Waals surface area contributed by atoms with Gasteiger partial charge in [0.2, 0.25) is 5.95 Å². The van der Waals surface area contributed by atoms with Crippen LogP contribution in [0.15, 0.2) is 14.8 Å². The minimum atomic E-state index is -0.985. The molecular weight excluding hydrogens is 318 g/mol. The molecule has 1 rings (SSSR count). The molecule has 130 valence electrons. The topological polar surface area (TPSA) is 149 Å². The fraction of sp³-hybridized carbons (Fsp3) is 0.429. The third kappa shape index (κ3) is 5.00. The lowest BCUT2D eigenvalue weighted by Gasteiger charge is -2.23. The van der Waals surface area contributed by atoms with Crippen molar-refractivity contribution in [2.45, 2.75) is 39.9 Å². The van der Waals surface area contributed by atoms with Gasteiger partial charge in [-0.05, 0) is 20.6 Å². The molecule has 24 heavy (non-hydrogen) atoms. The monoisotopic (exact) mass is 337 g/mol. The Labute approximate surface area is 137 Å². The van der Waals surface area contributed by atoms with Crippen LogP contribution in [0.1, 0.15) is 27.7 Å². The number of aliphatic imine (C=N–C) groups is 2. The molecule has 0 aliphatic carbocycles. The Morgan fingerprint density at radius 1 is 1.25 bits per heavy atom. The Bertz CT molecular complexity index is 740. The first-order valence-corrected chi connectivity index (χ1v) is 6.91. The van der Waals surface area contributed by atoms with E-state index in [0.717, 1.165) is 0 Å². The number of carbonyl (C=O) groups excluding carboxylic acids is 2. The van der Waals surface area contributed by atoms with Gasteiger partial charge in [-0.3, -0.25) is 19.4 Å². The van der Waals surface area contributed by atoms with E-state index in [-0.39, 0.29) is 23.2 Å². The number of ether oxygens (including phenoxy) is 2. The molecule has 0 spiro atoms. The molecule has 1 aromatic rings. The summed E-state index contributed by atoms with van der Waals surface area (Å²) in [4.78, 5) is 48.2.